The SMILES string of the molecule is O=c1c2ccccc2[se]n1-c1ncc([N+](=O)[O-])cn1. The first kappa shape index (κ1) is 11.8. The van der Waals surface area contributed by atoms with Crippen LogP contribution in [0.3, 0.4) is 0 Å². The van der Waals surface area contributed by atoms with E-state index in [2.05, 4.69) is 9.97 Å². The van der Waals surface area contributed by atoms with E-state index in [4.69, 9.17) is 0 Å². The van der Waals surface area contributed by atoms with E-state index in [0.29, 0.717) is 5.39 Å². The number of hydrogen-bond acceptors (Lipinski definition) is 5. The van der Waals surface area contributed by atoms with Crippen molar-refractivity contribution < 1.29 is 4.92 Å². The molecule has 2 aromatic heterocycles. The molecular weight excluding hydrogens is 315 g/mol. The van der Waals surface area contributed by atoms with Crippen molar-refractivity contribution in [1.82, 2.24) is 13.5 Å². The number of nitrogens with zero attached hydrogens (tertiary/aromatic N) is 4. The molecule has 0 unspecified atom stereocenters. The third-order valence-electron chi connectivity index (χ3n) is 2.51. The zero-order valence-corrected chi connectivity index (χ0v) is 11.1. The Morgan fingerprint density at radius 2 is 1.89 bits per heavy atom. The van der Waals surface area contributed by atoms with Crippen molar-refractivity contribution >= 4 is 30.1 Å². The van der Waals surface area contributed by atoms with Gasteiger partial charge in [0, 0.05) is 0 Å². The van der Waals surface area contributed by atoms with E-state index in [9.17, 15) is 14.9 Å². The van der Waals surface area contributed by atoms with E-state index >= 15 is 0 Å². The number of hydrogen-bond donors (Lipinski definition) is 0. The molecule has 0 radical (unpaired) electrons. The van der Waals surface area contributed by atoms with E-state index in [-0.39, 0.29) is 31.9 Å². The van der Waals surface area contributed by atoms with Gasteiger partial charge in [-0.3, -0.25) is 0 Å². The molecule has 0 N–H and O–H groups in total. The molecule has 0 aliphatic rings. The van der Waals surface area contributed by atoms with Gasteiger partial charge >= 0.3 is 112 Å². The van der Waals surface area contributed by atoms with Crippen LogP contribution in [0.1, 0.15) is 0 Å². The molecule has 1 aromatic carbocycles. The topological polar surface area (TPSA) is 90.9 Å². The van der Waals surface area contributed by atoms with Crippen molar-refractivity contribution in [2.24, 2.45) is 0 Å². The Morgan fingerprint density at radius 3 is 2.53 bits per heavy atom. The summed E-state index contributed by atoms with van der Waals surface area (Å²) in [7, 11) is 0. The van der Waals surface area contributed by atoms with Gasteiger partial charge in [0.15, 0.2) is 0 Å². The molecule has 0 fully saturated rings. The summed E-state index contributed by atoms with van der Waals surface area (Å²) in [5.41, 5.74) is -0.357. The average molecular weight is 321 g/mol. The van der Waals surface area contributed by atoms with Crippen molar-refractivity contribution in [2.45, 2.75) is 0 Å². The molecule has 0 saturated heterocycles. The normalized spacial score (nSPS) is 10.7. The Hall–Kier alpha value is -2.31. The predicted molar refractivity (Wildman–Crippen MR) is 68.7 cm³/mol. The second-order valence-corrected chi connectivity index (χ2v) is 5.76. The average Bonchev–Trinajstić information content (AvgIpc) is 2.77. The summed E-state index contributed by atoms with van der Waals surface area (Å²) in [6.07, 6.45) is 2.21. The third-order valence-corrected chi connectivity index (χ3v) is 4.74. The fraction of sp³-hybridized carbons (Fsp3) is 0. The molecule has 94 valence electrons. The Bertz CT molecular complexity index is 822. The van der Waals surface area contributed by atoms with Crippen molar-refractivity contribution in [3.05, 3.63) is 57.1 Å². The summed E-state index contributed by atoms with van der Waals surface area (Å²) in [6.45, 7) is 0. The van der Waals surface area contributed by atoms with Crippen LogP contribution >= 0.6 is 0 Å². The molecule has 0 bridgehead atoms. The van der Waals surface area contributed by atoms with Crippen molar-refractivity contribution in [3.8, 4) is 5.95 Å². The number of aromatic nitrogens is 3. The zero-order valence-electron chi connectivity index (χ0n) is 9.39. The molecule has 19 heavy (non-hydrogen) atoms. The van der Waals surface area contributed by atoms with Crippen LogP contribution in [0.2, 0.25) is 0 Å². The van der Waals surface area contributed by atoms with Crippen LogP contribution in [-0.4, -0.2) is 33.2 Å². The molecule has 0 aliphatic heterocycles. The van der Waals surface area contributed by atoms with Gasteiger partial charge in [0.05, 0.1) is 0 Å². The molecule has 3 rings (SSSR count). The van der Waals surface area contributed by atoms with Crippen LogP contribution in [0.15, 0.2) is 41.5 Å². The molecule has 0 aliphatic carbocycles. The predicted octanol–water partition coefficient (Wildman–Crippen LogP) is 0.746. The maximum atomic E-state index is 12.1. The second-order valence-electron chi connectivity index (χ2n) is 3.69. The van der Waals surface area contributed by atoms with E-state index in [1.165, 1.54) is 3.56 Å². The van der Waals surface area contributed by atoms with Gasteiger partial charge in [0.25, 0.3) is 0 Å². The Kier molecular flexibility index (Phi) is 2.73. The molecular formula is C11H6N4O3Se. The number of fused-ring (bicyclic) bond motifs is 1. The Labute approximate surface area is 112 Å². The first-order chi connectivity index (χ1) is 9.16. The van der Waals surface area contributed by atoms with Gasteiger partial charge in [-0.05, 0) is 0 Å². The second kappa shape index (κ2) is 4.42. The minimum absolute atomic E-state index is 0.163. The van der Waals surface area contributed by atoms with Gasteiger partial charge < -0.3 is 0 Å². The summed E-state index contributed by atoms with van der Waals surface area (Å²) in [6, 6.07) is 7.31. The van der Waals surface area contributed by atoms with E-state index in [1.54, 1.807) is 12.1 Å². The van der Waals surface area contributed by atoms with E-state index in [0.717, 1.165) is 16.7 Å². The summed E-state index contributed by atoms with van der Waals surface area (Å²) in [5.74, 6) is 0.201. The maximum absolute atomic E-state index is 12.1. The molecule has 0 saturated carbocycles. The monoisotopic (exact) mass is 322 g/mol. The molecule has 2 heterocycles. The number of rotatable bonds is 2. The van der Waals surface area contributed by atoms with Gasteiger partial charge in [0.2, 0.25) is 0 Å². The fourth-order valence-corrected chi connectivity index (χ4v) is 3.60. The zero-order chi connectivity index (χ0) is 13.4. The van der Waals surface area contributed by atoms with E-state index in [1.807, 2.05) is 12.1 Å². The Balaban J connectivity index is 2.16. The Morgan fingerprint density at radius 1 is 1.21 bits per heavy atom. The van der Waals surface area contributed by atoms with Gasteiger partial charge in [0.1, 0.15) is 0 Å². The molecule has 8 heteroatoms. The minimum atomic E-state index is -0.574. The van der Waals surface area contributed by atoms with Gasteiger partial charge in [-0.2, -0.15) is 0 Å². The van der Waals surface area contributed by atoms with Crippen LogP contribution in [0, 0.1) is 10.1 Å². The van der Waals surface area contributed by atoms with Gasteiger partial charge in [-0.15, -0.1) is 0 Å². The first-order valence-electron chi connectivity index (χ1n) is 5.25. The summed E-state index contributed by atoms with van der Waals surface area (Å²) in [4.78, 5) is 29.9. The molecule has 3 aromatic rings. The van der Waals surface area contributed by atoms with Crippen LogP contribution in [-0.2, 0) is 0 Å². The number of nitro groups is 1. The summed E-state index contributed by atoms with van der Waals surface area (Å²) < 4.78 is 2.42. The molecule has 0 atom stereocenters. The van der Waals surface area contributed by atoms with Crippen LogP contribution < -0.4 is 5.56 Å². The molecule has 7 nitrogen and oxygen atoms in total. The summed E-state index contributed by atoms with van der Waals surface area (Å²) >= 11 is -0.232. The van der Waals surface area contributed by atoms with Gasteiger partial charge in [-0.25, -0.2) is 0 Å². The van der Waals surface area contributed by atoms with Crippen LogP contribution in [0.4, 0.5) is 5.69 Å². The quantitative estimate of drug-likeness (QED) is 0.394. The van der Waals surface area contributed by atoms with Gasteiger partial charge in [-0.1, -0.05) is 0 Å². The summed E-state index contributed by atoms with van der Waals surface area (Å²) in [5, 5.41) is 11.2. The third kappa shape index (κ3) is 1.96. The first-order valence-corrected chi connectivity index (χ1v) is 6.87. The van der Waals surface area contributed by atoms with Crippen LogP contribution in [0.5, 0.6) is 0 Å². The molecule has 0 spiro atoms. The van der Waals surface area contributed by atoms with E-state index < -0.39 is 4.92 Å². The van der Waals surface area contributed by atoms with Crippen molar-refractivity contribution in [2.75, 3.05) is 0 Å². The van der Waals surface area contributed by atoms with Crippen LogP contribution in [0.25, 0.3) is 15.6 Å². The van der Waals surface area contributed by atoms with Crippen molar-refractivity contribution in [3.63, 3.8) is 0 Å². The fourth-order valence-electron chi connectivity index (χ4n) is 1.62. The number of benzene rings is 1. The molecule has 0 amide bonds. The standard InChI is InChI=1S/C11H6N4O3Se/c16-10-8-3-1-2-4-9(8)19-14(10)11-12-5-7(6-13-11)15(17)18/h1-6H. The van der Waals surface area contributed by atoms with Crippen molar-refractivity contribution in [1.29, 1.82) is 0 Å².